The molecule has 0 spiro atoms. The van der Waals surface area contributed by atoms with Crippen LogP contribution in [0.15, 0.2) is 66.7 Å². The van der Waals surface area contributed by atoms with E-state index in [4.69, 9.17) is 4.74 Å². The van der Waals surface area contributed by atoms with Crippen molar-refractivity contribution in [3.63, 3.8) is 0 Å². The zero-order valence-corrected chi connectivity index (χ0v) is 17.6. The van der Waals surface area contributed by atoms with Gasteiger partial charge in [0.1, 0.15) is 5.75 Å². The highest BCUT2D eigenvalue weighted by atomic mass is 16.5. The number of hydrogen-bond acceptors (Lipinski definition) is 3. The maximum Gasteiger partial charge on any atom is 0.261 e. The second-order valence-electron chi connectivity index (χ2n) is 7.89. The van der Waals surface area contributed by atoms with Gasteiger partial charge in [-0.15, -0.1) is 0 Å². The number of aryl methyl sites for hydroxylation is 1. The lowest BCUT2D eigenvalue weighted by Gasteiger charge is -2.31. The minimum absolute atomic E-state index is 0.0373. The second-order valence-corrected chi connectivity index (χ2v) is 7.89. The van der Waals surface area contributed by atoms with Gasteiger partial charge in [-0.3, -0.25) is 4.79 Å². The van der Waals surface area contributed by atoms with E-state index in [1.54, 1.807) is 0 Å². The molecule has 1 aliphatic heterocycles. The highest BCUT2D eigenvalue weighted by molar-refractivity contribution is 5.84. The maximum absolute atomic E-state index is 12.6. The van der Waals surface area contributed by atoms with Crippen LogP contribution in [-0.4, -0.2) is 31.6 Å². The topological polar surface area (TPSA) is 41.6 Å². The molecule has 1 atom stereocenters. The number of fused-ring (bicyclic) bond motifs is 2. The first kappa shape index (κ1) is 20.3. The van der Waals surface area contributed by atoms with Crippen molar-refractivity contribution >= 4 is 22.4 Å². The molecule has 1 aliphatic rings. The molecule has 0 unspecified atom stereocenters. The van der Waals surface area contributed by atoms with Gasteiger partial charge in [-0.1, -0.05) is 55.5 Å². The molecule has 0 bridgehead atoms. The number of amides is 1. The molecule has 4 rings (SSSR count). The lowest BCUT2D eigenvalue weighted by atomic mass is 10.0. The second kappa shape index (κ2) is 9.66. The smallest absolute Gasteiger partial charge is 0.261 e. The number of nitrogens with zero attached hydrogens (tertiary/aromatic N) is 1. The molecule has 1 N–H and O–H groups in total. The van der Waals surface area contributed by atoms with E-state index in [2.05, 4.69) is 46.6 Å². The van der Waals surface area contributed by atoms with E-state index in [0.29, 0.717) is 13.0 Å². The van der Waals surface area contributed by atoms with E-state index in [-0.39, 0.29) is 5.91 Å². The van der Waals surface area contributed by atoms with Crippen molar-refractivity contribution < 1.29 is 9.53 Å². The third-order valence-electron chi connectivity index (χ3n) is 5.77. The molecule has 0 radical (unpaired) electrons. The normalized spacial score (nSPS) is 14.2. The molecule has 3 aromatic carbocycles. The van der Waals surface area contributed by atoms with Crippen LogP contribution >= 0.6 is 0 Å². The van der Waals surface area contributed by atoms with Gasteiger partial charge < -0.3 is 15.0 Å². The number of para-hydroxylation sites is 1. The Bertz CT molecular complexity index is 1000. The van der Waals surface area contributed by atoms with E-state index in [0.717, 1.165) is 37.1 Å². The SMILES string of the molecule is CC[C@@H](Oc1ccc2ccccc2c1)C(=O)NCCCN1CCCc2ccccc21. The molecule has 0 saturated carbocycles. The van der Waals surface area contributed by atoms with Crippen molar-refractivity contribution in [3.8, 4) is 5.75 Å². The Morgan fingerprint density at radius 3 is 2.73 bits per heavy atom. The van der Waals surface area contributed by atoms with Gasteiger partial charge in [-0.05, 0) is 60.2 Å². The fourth-order valence-electron chi connectivity index (χ4n) is 4.17. The van der Waals surface area contributed by atoms with Crippen LogP contribution in [0.4, 0.5) is 5.69 Å². The molecule has 4 nitrogen and oxygen atoms in total. The molecular formula is C26H30N2O2. The molecule has 30 heavy (non-hydrogen) atoms. The van der Waals surface area contributed by atoms with Crippen LogP contribution in [0.25, 0.3) is 10.8 Å². The first-order valence-electron chi connectivity index (χ1n) is 11.0. The molecule has 1 amide bonds. The fourth-order valence-corrected chi connectivity index (χ4v) is 4.17. The first-order chi connectivity index (χ1) is 14.7. The summed E-state index contributed by atoms with van der Waals surface area (Å²) in [5, 5.41) is 5.35. The largest absolute Gasteiger partial charge is 0.481 e. The summed E-state index contributed by atoms with van der Waals surface area (Å²) >= 11 is 0. The van der Waals surface area contributed by atoms with Crippen molar-refractivity contribution in [3.05, 3.63) is 72.3 Å². The van der Waals surface area contributed by atoms with Gasteiger partial charge in [0.25, 0.3) is 5.91 Å². The van der Waals surface area contributed by atoms with Crippen LogP contribution < -0.4 is 15.0 Å². The van der Waals surface area contributed by atoms with Gasteiger partial charge >= 0.3 is 0 Å². The number of carbonyl (C=O) groups excluding carboxylic acids is 1. The number of nitrogens with one attached hydrogen (secondary N) is 1. The van der Waals surface area contributed by atoms with Gasteiger partial charge in [-0.2, -0.15) is 0 Å². The molecule has 1 heterocycles. The summed E-state index contributed by atoms with van der Waals surface area (Å²) in [6.45, 7) is 4.69. The lowest BCUT2D eigenvalue weighted by molar-refractivity contribution is -0.128. The summed E-state index contributed by atoms with van der Waals surface area (Å²) in [4.78, 5) is 15.1. The van der Waals surface area contributed by atoms with E-state index in [1.807, 2.05) is 37.3 Å². The van der Waals surface area contributed by atoms with Gasteiger partial charge in [0.05, 0.1) is 0 Å². The Labute approximate surface area is 178 Å². The summed E-state index contributed by atoms with van der Waals surface area (Å²) in [5.41, 5.74) is 2.78. The predicted molar refractivity (Wildman–Crippen MR) is 123 cm³/mol. The Balaban J connectivity index is 1.27. The third kappa shape index (κ3) is 4.76. The van der Waals surface area contributed by atoms with Crippen LogP contribution in [-0.2, 0) is 11.2 Å². The number of hydrogen-bond donors (Lipinski definition) is 1. The van der Waals surface area contributed by atoms with Crippen molar-refractivity contribution in [2.75, 3.05) is 24.5 Å². The summed E-state index contributed by atoms with van der Waals surface area (Å²) in [7, 11) is 0. The fraction of sp³-hybridized carbons (Fsp3) is 0.346. The molecule has 0 aromatic heterocycles. The van der Waals surface area contributed by atoms with E-state index in [1.165, 1.54) is 23.1 Å². The van der Waals surface area contributed by atoms with Crippen molar-refractivity contribution in [2.45, 2.75) is 38.7 Å². The Kier molecular flexibility index (Phi) is 6.53. The number of ether oxygens (including phenoxy) is 1. The summed E-state index contributed by atoms with van der Waals surface area (Å²) < 4.78 is 6.00. The van der Waals surface area contributed by atoms with E-state index >= 15 is 0 Å². The number of benzene rings is 3. The molecular weight excluding hydrogens is 372 g/mol. The molecule has 0 saturated heterocycles. The highest BCUT2D eigenvalue weighted by Crippen LogP contribution is 2.26. The number of rotatable bonds is 8. The average Bonchev–Trinajstić information content (AvgIpc) is 2.80. The van der Waals surface area contributed by atoms with Crippen molar-refractivity contribution in [1.82, 2.24) is 5.32 Å². The van der Waals surface area contributed by atoms with Gasteiger partial charge in [0.2, 0.25) is 0 Å². The van der Waals surface area contributed by atoms with Crippen molar-refractivity contribution in [1.29, 1.82) is 0 Å². The summed E-state index contributed by atoms with van der Waals surface area (Å²) in [6.07, 6.45) is 3.45. The van der Waals surface area contributed by atoms with Crippen LogP contribution in [0, 0.1) is 0 Å². The zero-order chi connectivity index (χ0) is 20.8. The minimum atomic E-state index is -0.470. The Morgan fingerprint density at radius 2 is 1.87 bits per heavy atom. The van der Waals surface area contributed by atoms with Gasteiger partial charge in [0.15, 0.2) is 6.10 Å². The van der Waals surface area contributed by atoms with E-state index < -0.39 is 6.10 Å². The molecule has 156 valence electrons. The monoisotopic (exact) mass is 402 g/mol. The summed E-state index contributed by atoms with van der Waals surface area (Å²) in [5.74, 6) is 0.699. The number of carbonyl (C=O) groups is 1. The first-order valence-corrected chi connectivity index (χ1v) is 11.0. The lowest BCUT2D eigenvalue weighted by Crippen LogP contribution is -2.39. The predicted octanol–water partition coefficient (Wildman–Crippen LogP) is 4.96. The quantitative estimate of drug-likeness (QED) is 0.542. The molecule has 0 aliphatic carbocycles. The third-order valence-corrected chi connectivity index (χ3v) is 5.77. The molecule has 4 heteroatoms. The van der Waals surface area contributed by atoms with Gasteiger partial charge in [-0.25, -0.2) is 0 Å². The van der Waals surface area contributed by atoms with Crippen LogP contribution in [0.5, 0.6) is 5.75 Å². The maximum atomic E-state index is 12.6. The number of anilines is 1. The van der Waals surface area contributed by atoms with Crippen LogP contribution in [0.3, 0.4) is 0 Å². The highest BCUT2D eigenvalue weighted by Gasteiger charge is 2.19. The Morgan fingerprint density at radius 1 is 1.07 bits per heavy atom. The summed E-state index contributed by atoms with van der Waals surface area (Å²) in [6, 6.07) is 22.8. The minimum Gasteiger partial charge on any atom is -0.481 e. The van der Waals surface area contributed by atoms with Crippen LogP contribution in [0.1, 0.15) is 31.7 Å². The molecule has 3 aromatic rings. The standard InChI is InChI=1S/C26H30N2O2/c1-2-25(30-23-15-14-20-9-3-4-11-22(20)19-23)26(29)27-16-8-18-28-17-7-12-21-10-5-6-13-24(21)28/h3-6,9-11,13-15,19,25H,2,7-8,12,16-18H2,1H3,(H,27,29)/t25-/m1/s1. The Hall–Kier alpha value is -3.01. The average molecular weight is 403 g/mol. The zero-order valence-electron chi connectivity index (χ0n) is 17.6. The van der Waals surface area contributed by atoms with Crippen molar-refractivity contribution in [2.24, 2.45) is 0 Å². The molecule has 0 fully saturated rings. The van der Waals surface area contributed by atoms with E-state index in [9.17, 15) is 4.79 Å². The van der Waals surface area contributed by atoms with Gasteiger partial charge in [0, 0.05) is 25.3 Å². The van der Waals surface area contributed by atoms with Crippen LogP contribution in [0.2, 0.25) is 0 Å².